The number of benzene rings is 1. The Kier molecular flexibility index (Phi) is 4.68. The summed E-state index contributed by atoms with van der Waals surface area (Å²) in [4.78, 5) is 11.9. The van der Waals surface area contributed by atoms with Gasteiger partial charge in [0.2, 0.25) is 6.10 Å². The Hall–Kier alpha value is -1.24. The predicted octanol–water partition coefficient (Wildman–Crippen LogP) is 1.75. The first-order chi connectivity index (χ1) is 9.08. The lowest BCUT2D eigenvalue weighted by Crippen LogP contribution is -2.36. The van der Waals surface area contributed by atoms with E-state index >= 15 is 0 Å². The van der Waals surface area contributed by atoms with E-state index in [0.29, 0.717) is 0 Å². The normalized spacial score (nSPS) is 26.6. The van der Waals surface area contributed by atoms with Gasteiger partial charge in [-0.3, -0.25) is 8.37 Å². The van der Waals surface area contributed by atoms with E-state index in [0.717, 1.165) is 5.56 Å². The van der Waals surface area contributed by atoms with Crippen molar-refractivity contribution in [3.8, 4) is 0 Å². The van der Waals surface area contributed by atoms with Crippen LogP contribution in [0.25, 0.3) is 0 Å². The average molecular weight is 284 g/mol. The first-order valence-electron chi connectivity index (χ1n) is 6.04. The van der Waals surface area contributed by atoms with E-state index in [-0.39, 0.29) is 12.5 Å². The third kappa shape index (κ3) is 3.62. The SMILES string of the molecule is CC(C)[C@@H]1OS(=O)O[C@H]1C(=O)OCc1ccccc1. The summed E-state index contributed by atoms with van der Waals surface area (Å²) >= 11 is -1.87. The van der Waals surface area contributed by atoms with Gasteiger partial charge < -0.3 is 4.74 Å². The molecule has 1 fully saturated rings. The van der Waals surface area contributed by atoms with E-state index in [2.05, 4.69) is 0 Å². The number of carbonyl (C=O) groups excluding carboxylic acids is 1. The number of esters is 1. The van der Waals surface area contributed by atoms with Gasteiger partial charge >= 0.3 is 17.3 Å². The molecule has 6 heteroatoms. The lowest BCUT2D eigenvalue weighted by atomic mass is 10.0. The van der Waals surface area contributed by atoms with Gasteiger partial charge in [-0.1, -0.05) is 44.2 Å². The molecule has 1 unspecified atom stereocenters. The highest BCUT2D eigenvalue weighted by Crippen LogP contribution is 2.25. The van der Waals surface area contributed by atoms with Crippen molar-refractivity contribution in [1.29, 1.82) is 0 Å². The molecule has 0 spiro atoms. The molecule has 0 aliphatic carbocycles. The van der Waals surface area contributed by atoms with Crippen molar-refractivity contribution in [3.05, 3.63) is 35.9 Å². The van der Waals surface area contributed by atoms with Crippen molar-refractivity contribution in [3.63, 3.8) is 0 Å². The van der Waals surface area contributed by atoms with Crippen molar-refractivity contribution < 1.29 is 22.1 Å². The van der Waals surface area contributed by atoms with Crippen LogP contribution < -0.4 is 0 Å². The minimum Gasteiger partial charge on any atom is -0.459 e. The second kappa shape index (κ2) is 6.27. The van der Waals surface area contributed by atoms with Crippen molar-refractivity contribution in [2.24, 2.45) is 5.92 Å². The number of hydrogen-bond acceptors (Lipinski definition) is 5. The van der Waals surface area contributed by atoms with E-state index in [4.69, 9.17) is 13.1 Å². The largest absolute Gasteiger partial charge is 0.459 e. The van der Waals surface area contributed by atoms with Crippen LogP contribution in [-0.2, 0) is 35.9 Å². The van der Waals surface area contributed by atoms with Crippen LogP contribution in [0.2, 0.25) is 0 Å². The molecular weight excluding hydrogens is 268 g/mol. The van der Waals surface area contributed by atoms with Gasteiger partial charge in [-0.15, -0.1) is 0 Å². The first kappa shape index (κ1) is 14.2. The molecule has 19 heavy (non-hydrogen) atoms. The average Bonchev–Trinajstić information content (AvgIpc) is 2.79. The van der Waals surface area contributed by atoms with Crippen LogP contribution >= 0.6 is 0 Å². The lowest BCUT2D eigenvalue weighted by Gasteiger charge is -2.17. The fourth-order valence-electron chi connectivity index (χ4n) is 1.75. The van der Waals surface area contributed by atoms with Gasteiger partial charge in [-0.2, -0.15) is 4.21 Å². The van der Waals surface area contributed by atoms with Crippen LogP contribution in [0.15, 0.2) is 30.3 Å². The van der Waals surface area contributed by atoms with E-state index in [1.807, 2.05) is 44.2 Å². The topological polar surface area (TPSA) is 61.8 Å². The molecule has 3 atom stereocenters. The minimum atomic E-state index is -1.87. The summed E-state index contributed by atoms with van der Waals surface area (Å²) in [5, 5.41) is 0. The Balaban J connectivity index is 1.94. The summed E-state index contributed by atoms with van der Waals surface area (Å²) in [6.45, 7) is 3.90. The maximum atomic E-state index is 11.9. The van der Waals surface area contributed by atoms with Crippen molar-refractivity contribution >= 4 is 17.3 Å². The molecule has 1 aromatic rings. The molecule has 0 aromatic heterocycles. The van der Waals surface area contributed by atoms with Crippen LogP contribution in [0.5, 0.6) is 0 Å². The molecule has 0 bridgehead atoms. The molecule has 1 aliphatic heterocycles. The van der Waals surface area contributed by atoms with Gasteiger partial charge in [-0.05, 0) is 11.5 Å². The third-order valence-corrected chi connectivity index (χ3v) is 3.53. The summed E-state index contributed by atoms with van der Waals surface area (Å²) < 4.78 is 26.4. The second-order valence-corrected chi connectivity index (χ2v) is 5.41. The monoisotopic (exact) mass is 284 g/mol. The maximum Gasteiger partial charge on any atom is 0.339 e. The van der Waals surface area contributed by atoms with Gasteiger partial charge in [-0.25, -0.2) is 4.79 Å². The third-order valence-electron chi connectivity index (χ3n) is 2.78. The number of ether oxygens (including phenoxy) is 1. The van der Waals surface area contributed by atoms with Crippen molar-refractivity contribution in [2.45, 2.75) is 32.7 Å². The van der Waals surface area contributed by atoms with E-state index < -0.39 is 29.5 Å². The predicted molar refractivity (Wildman–Crippen MR) is 69.0 cm³/mol. The maximum absolute atomic E-state index is 11.9. The molecule has 5 nitrogen and oxygen atoms in total. The molecule has 0 saturated carbocycles. The minimum absolute atomic E-state index is 0.0146. The smallest absolute Gasteiger partial charge is 0.339 e. The van der Waals surface area contributed by atoms with E-state index in [1.165, 1.54) is 0 Å². The summed E-state index contributed by atoms with van der Waals surface area (Å²) in [5.74, 6) is -0.533. The van der Waals surface area contributed by atoms with Gasteiger partial charge in [0.25, 0.3) is 0 Å². The molecule has 1 heterocycles. The standard InChI is InChI=1S/C13H16O5S/c1-9(2)11-12(18-19(15)17-11)13(14)16-8-10-6-4-3-5-7-10/h3-7,9,11-12H,8H2,1-2H3/t11-,12+,19?/m0/s1. The number of carbonyl (C=O) groups is 1. The highest BCUT2D eigenvalue weighted by Gasteiger charge is 2.43. The summed E-state index contributed by atoms with van der Waals surface area (Å²) in [7, 11) is 0. The van der Waals surface area contributed by atoms with Crippen LogP contribution in [0.3, 0.4) is 0 Å². The molecule has 0 radical (unpaired) electrons. The molecule has 1 saturated heterocycles. The highest BCUT2D eigenvalue weighted by atomic mass is 32.2. The second-order valence-electron chi connectivity index (χ2n) is 4.62. The van der Waals surface area contributed by atoms with E-state index in [9.17, 15) is 9.00 Å². The van der Waals surface area contributed by atoms with Gasteiger partial charge in [0.15, 0.2) is 0 Å². The zero-order chi connectivity index (χ0) is 13.8. The van der Waals surface area contributed by atoms with Crippen LogP contribution in [0.1, 0.15) is 19.4 Å². The highest BCUT2D eigenvalue weighted by molar-refractivity contribution is 7.75. The fraction of sp³-hybridized carbons (Fsp3) is 0.462. The molecule has 0 N–H and O–H groups in total. The Morgan fingerprint density at radius 1 is 1.32 bits per heavy atom. The fourth-order valence-corrected chi connectivity index (χ4v) is 2.66. The Labute approximate surface area is 114 Å². The summed E-state index contributed by atoms with van der Waals surface area (Å²) in [6, 6.07) is 9.33. The Bertz CT molecular complexity index is 459. The first-order valence-corrected chi connectivity index (χ1v) is 7.04. The van der Waals surface area contributed by atoms with E-state index in [1.54, 1.807) is 0 Å². The molecule has 0 amide bonds. The Morgan fingerprint density at radius 3 is 2.63 bits per heavy atom. The van der Waals surface area contributed by atoms with Crippen molar-refractivity contribution in [1.82, 2.24) is 0 Å². The van der Waals surface area contributed by atoms with Crippen LogP contribution in [0, 0.1) is 5.92 Å². The zero-order valence-electron chi connectivity index (χ0n) is 10.8. The molecule has 104 valence electrons. The number of rotatable bonds is 4. The molecule has 2 rings (SSSR count). The Morgan fingerprint density at radius 2 is 2.00 bits per heavy atom. The van der Waals surface area contributed by atoms with Crippen LogP contribution in [-0.4, -0.2) is 22.4 Å². The van der Waals surface area contributed by atoms with Gasteiger partial charge in [0, 0.05) is 0 Å². The molecular formula is C13H16O5S. The quantitative estimate of drug-likeness (QED) is 0.788. The molecule has 1 aliphatic rings. The van der Waals surface area contributed by atoms with Crippen molar-refractivity contribution in [2.75, 3.05) is 0 Å². The lowest BCUT2D eigenvalue weighted by molar-refractivity contribution is -0.155. The summed E-state index contributed by atoms with van der Waals surface area (Å²) in [6.07, 6.45) is -1.46. The van der Waals surface area contributed by atoms with Gasteiger partial charge in [0.1, 0.15) is 12.7 Å². The summed E-state index contributed by atoms with van der Waals surface area (Å²) in [5.41, 5.74) is 0.886. The van der Waals surface area contributed by atoms with Crippen LogP contribution in [0.4, 0.5) is 0 Å². The van der Waals surface area contributed by atoms with Gasteiger partial charge in [0.05, 0.1) is 0 Å². The molecule has 1 aromatic carbocycles. The number of hydrogen-bond donors (Lipinski definition) is 0. The zero-order valence-corrected chi connectivity index (χ0v) is 11.6.